The van der Waals surface area contributed by atoms with Crippen molar-refractivity contribution in [2.45, 2.75) is 19.9 Å². The summed E-state index contributed by atoms with van der Waals surface area (Å²) < 4.78 is 2.44. The lowest BCUT2D eigenvalue weighted by molar-refractivity contribution is 0.645. The number of nitrogens with one attached hydrogen (secondary N) is 1. The van der Waals surface area contributed by atoms with Gasteiger partial charge in [-0.1, -0.05) is 30.7 Å². The number of fused-ring (bicyclic) bond motifs is 1. The number of aryl methyl sites for hydroxylation is 1. The Bertz CT molecular complexity index is 778. The first kappa shape index (κ1) is 15.5. The average molecular weight is 401 g/mol. The molecule has 0 aliphatic rings. The summed E-state index contributed by atoms with van der Waals surface area (Å²) in [5.41, 5.74) is 2.46. The minimum absolute atomic E-state index is 0.157. The van der Waals surface area contributed by atoms with Crippen molar-refractivity contribution in [3.05, 3.63) is 54.5 Å². The topological polar surface area (TPSA) is 12.0 Å². The van der Waals surface area contributed by atoms with Crippen LogP contribution in [0.3, 0.4) is 0 Å². The van der Waals surface area contributed by atoms with Gasteiger partial charge in [-0.15, -0.1) is 22.7 Å². The highest BCUT2D eigenvalue weighted by Crippen LogP contribution is 2.41. The summed E-state index contributed by atoms with van der Waals surface area (Å²) in [6, 6.07) is 6.52. The summed E-state index contributed by atoms with van der Waals surface area (Å²) in [5.74, 6) is 0. The highest BCUT2D eigenvalue weighted by Gasteiger charge is 2.22. The molecular formula is C16H15BrClNS2. The van der Waals surface area contributed by atoms with Crippen LogP contribution < -0.4 is 5.32 Å². The average Bonchev–Trinajstić information content (AvgIpc) is 3.03. The highest BCUT2D eigenvalue weighted by atomic mass is 79.9. The first-order valence-electron chi connectivity index (χ1n) is 6.76. The van der Waals surface area contributed by atoms with Crippen LogP contribution in [0.2, 0.25) is 5.02 Å². The maximum atomic E-state index is 6.50. The minimum Gasteiger partial charge on any atom is -0.306 e. The van der Waals surface area contributed by atoms with Crippen LogP contribution in [0.1, 0.15) is 29.0 Å². The van der Waals surface area contributed by atoms with E-state index in [0.29, 0.717) is 0 Å². The monoisotopic (exact) mass is 399 g/mol. The number of thiophene rings is 2. The van der Waals surface area contributed by atoms with E-state index in [-0.39, 0.29) is 6.04 Å². The van der Waals surface area contributed by atoms with E-state index >= 15 is 0 Å². The Morgan fingerprint density at radius 3 is 2.76 bits per heavy atom. The van der Waals surface area contributed by atoms with Gasteiger partial charge in [0.25, 0.3) is 0 Å². The normalized spacial score (nSPS) is 13.0. The minimum atomic E-state index is 0.157. The van der Waals surface area contributed by atoms with Gasteiger partial charge in [0.2, 0.25) is 0 Å². The summed E-state index contributed by atoms with van der Waals surface area (Å²) in [7, 11) is 0. The number of benzene rings is 1. The molecule has 0 aliphatic heterocycles. The second-order valence-electron chi connectivity index (χ2n) is 4.90. The fourth-order valence-corrected chi connectivity index (χ4v) is 5.50. The van der Waals surface area contributed by atoms with Crippen molar-refractivity contribution in [3.63, 3.8) is 0 Å². The van der Waals surface area contributed by atoms with Crippen molar-refractivity contribution in [1.29, 1.82) is 0 Å². The smallest absolute Gasteiger partial charge is 0.0700 e. The molecule has 0 aliphatic carbocycles. The van der Waals surface area contributed by atoms with Gasteiger partial charge in [0, 0.05) is 14.0 Å². The molecule has 1 atom stereocenters. The zero-order chi connectivity index (χ0) is 15.0. The largest absolute Gasteiger partial charge is 0.306 e. The zero-order valence-corrected chi connectivity index (χ0v) is 15.7. The van der Waals surface area contributed by atoms with Crippen molar-refractivity contribution in [2.75, 3.05) is 6.54 Å². The van der Waals surface area contributed by atoms with Crippen molar-refractivity contribution in [3.8, 4) is 0 Å². The molecule has 1 N–H and O–H groups in total. The van der Waals surface area contributed by atoms with Gasteiger partial charge in [-0.2, -0.15) is 0 Å². The van der Waals surface area contributed by atoms with Gasteiger partial charge in [-0.05, 0) is 62.7 Å². The molecule has 0 amide bonds. The van der Waals surface area contributed by atoms with Gasteiger partial charge < -0.3 is 5.32 Å². The zero-order valence-electron chi connectivity index (χ0n) is 11.7. The highest BCUT2D eigenvalue weighted by molar-refractivity contribution is 9.10. The van der Waals surface area contributed by atoms with Crippen LogP contribution in [-0.4, -0.2) is 6.54 Å². The third kappa shape index (κ3) is 2.80. The lowest BCUT2D eigenvalue weighted by atomic mass is 10.0. The molecule has 1 aromatic carbocycles. The summed E-state index contributed by atoms with van der Waals surface area (Å²) in [5, 5.41) is 10.1. The molecule has 2 aromatic heterocycles. The van der Waals surface area contributed by atoms with E-state index in [2.05, 4.69) is 64.1 Å². The molecule has 3 rings (SSSR count). The number of hydrogen-bond acceptors (Lipinski definition) is 3. The van der Waals surface area contributed by atoms with Crippen molar-refractivity contribution < 1.29 is 0 Å². The molecular weight excluding hydrogens is 386 g/mol. The first-order valence-corrected chi connectivity index (χ1v) is 9.69. The van der Waals surface area contributed by atoms with E-state index in [1.807, 2.05) is 0 Å². The van der Waals surface area contributed by atoms with Crippen molar-refractivity contribution >= 4 is 60.3 Å². The van der Waals surface area contributed by atoms with Gasteiger partial charge >= 0.3 is 0 Å². The summed E-state index contributed by atoms with van der Waals surface area (Å²) in [6.45, 7) is 5.10. The molecule has 0 radical (unpaired) electrons. The Hall–Kier alpha value is -0.390. The molecule has 1 unspecified atom stereocenters. The number of rotatable bonds is 4. The predicted octanol–water partition coefficient (Wildman–Crippen LogP) is 6.39. The molecule has 21 heavy (non-hydrogen) atoms. The second kappa shape index (κ2) is 6.39. The quantitative estimate of drug-likeness (QED) is 0.535. The van der Waals surface area contributed by atoms with Crippen LogP contribution in [0, 0.1) is 6.92 Å². The van der Waals surface area contributed by atoms with Crippen molar-refractivity contribution in [1.82, 2.24) is 5.32 Å². The molecule has 0 fully saturated rings. The molecule has 0 saturated carbocycles. The Morgan fingerprint density at radius 2 is 2.10 bits per heavy atom. The van der Waals surface area contributed by atoms with Crippen LogP contribution in [-0.2, 0) is 0 Å². The van der Waals surface area contributed by atoms with Gasteiger partial charge in [0.1, 0.15) is 0 Å². The van der Waals surface area contributed by atoms with Crippen LogP contribution in [0.15, 0.2) is 33.4 Å². The van der Waals surface area contributed by atoms with Gasteiger partial charge in [0.15, 0.2) is 0 Å². The second-order valence-corrected chi connectivity index (χ2v) is 7.92. The first-order chi connectivity index (χ1) is 10.1. The van der Waals surface area contributed by atoms with E-state index in [9.17, 15) is 0 Å². The van der Waals surface area contributed by atoms with E-state index in [1.165, 1.54) is 20.5 Å². The Balaban J connectivity index is 2.16. The van der Waals surface area contributed by atoms with Gasteiger partial charge in [-0.25, -0.2) is 0 Å². The number of halogens is 2. The van der Waals surface area contributed by atoms with E-state index in [1.54, 1.807) is 22.7 Å². The lowest BCUT2D eigenvalue weighted by Crippen LogP contribution is -2.21. The predicted molar refractivity (Wildman–Crippen MR) is 99.1 cm³/mol. The Kier molecular flexibility index (Phi) is 4.71. The fraction of sp³-hybridized carbons (Fsp3) is 0.250. The van der Waals surface area contributed by atoms with Crippen LogP contribution in [0.5, 0.6) is 0 Å². The summed E-state index contributed by atoms with van der Waals surface area (Å²) in [6.07, 6.45) is 0. The lowest BCUT2D eigenvalue weighted by Gasteiger charge is -2.17. The number of hydrogen-bond donors (Lipinski definition) is 1. The molecule has 0 bridgehead atoms. The molecule has 5 heteroatoms. The van der Waals surface area contributed by atoms with Crippen LogP contribution in [0.25, 0.3) is 10.1 Å². The van der Waals surface area contributed by atoms with Gasteiger partial charge in [-0.3, -0.25) is 0 Å². The fourth-order valence-electron chi connectivity index (χ4n) is 2.46. The maximum Gasteiger partial charge on any atom is 0.0700 e. The summed E-state index contributed by atoms with van der Waals surface area (Å²) >= 11 is 13.7. The Morgan fingerprint density at radius 1 is 1.29 bits per heavy atom. The molecule has 2 heterocycles. The van der Waals surface area contributed by atoms with E-state index < -0.39 is 0 Å². The summed E-state index contributed by atoms with van der Waals surface area (Å²) in [4.78, 5) is 1.20. The molecule has 110 valence electrons. The van der Waals surface area contributed by atoms with E-state index in [0.717, 1.165) is 21.6 Å². The SMILES string of the molecule is CCNC(c1scc(C)c1Cl)c1csc2c(Br)cccc12. The van der Waals surface area contributed by atoms with Crippen molar-refractivity contribution in [2.24, 2.45) is 0 Å². The standard InChI is InChI=1S/C16H15BrClNS2/c1-3-19-14(16-13(18)9(2)7-20-16)11-8-21-15-10(11)5-4-6-12(15)17/h4-8,14,19H,3H2,1-2H3. The third-order valence-corrected chi connectivity index (χ3v) is 7.24. The van der Waals surface area contributed by atoms with Gasteiger partial charge in [0.05, 0.1) is 11.1 Å². The van der Waals surface area contributed by atoms with Crippen LogP contribution in [0.4, 0.5) is 0 Å². The maximum absolute atomic E-state index is 6.50. The molecule has 0 saturated heterocycles. The molecule has 3 aromatic rings. The van der Waals surface area contributed by atoms with Crippen LogP contribution >= 0.6 is 50.2 Å². The molecule has 0 spiro atoms. The third-order valence-electron chi connectivity index (χ3n) is 3.49. The van der Waals surface area contributed by atoms with E-state index in [4.69, 9.17) is 11.6 Å². The molecule has 1 nitrogen and oxygen atoms in total. The Labute approximate surface area is 146 Å².